The van der Waals surface area contributed by atoms with Crippen molar-refractivity contribution in [2.24, 2.45) is 0 Å². The first-order chi connectivity index (χ1) is 11.5. The minimum absolute atomic E-state index is 0.428. The Bertz CT molecular complexity index is 793. The molecule has 2 rings (SSSR count). The summed E-state index contributed by atoms with van der Waals surface area (Å²) < 4.78 is 5.40. The minimum Gasteiger partial charge on any atom is -0.466 e. The minimum atomic E-state index is -0.491. The number of nitrogens with one attached hydrogen (secondary N) is 2. The van der Waals surface area contributed by atoms with Gasteiger partial charge in [-0.2, -0.15) is 0 Å². The van der Waals surface area contributed by atoms with E-state index in [9.17, 15) is 9.59 Å². The Morgan fingerprint density at radius 2 is 1.96 bits per heavy atom. The topological polar surface area (TPSA) is 67.4 Å². The quantitative estimate of drug-likeness (QED) is 0.555. The molecule has 0 saturated carbocycles. The number of hydrogen-bond acceptors (Lipinski definition) is 3. The average Bonchev–Trinajstić information content (AvgIpc) is 2.53. The van der Waals surface area contributed by atoms with Crippen LogP contribution in [-0.2, 0) is 9.53 Å². The highest BCUT2D eigenvalue weighted by molar-refractivity contribution is 9.10. The summed E-state index contributed by atoms with van der Waals surface area (Å²) in [6, 6.07) is 11.7. The zero-order valence-corrected chi connectivity index (χ0v) is 15.0. The number of hydrogen-bond donors (Lipinski definition) is 2. The summed E-state index contributed by atoms with van der Waals surface area (Å²) in [6.45, 7) is 0. The molecule has 0 radical (unpaired) electrons. The maximum Gasteiger partial charge on any atom is 0.330 e. The number of ether oxygens (including phenoxy) is 1. The number of halogens is 2. The zero-order chi connectivity index (χ0) is 17.5. The van der Waals surface area contributed by atoms with Crippen LogP contribution < -0.4 is 10.6 Å². The van der Waals surface area contributed by atoms with Crippen LogP contribution >= 0.6 is 27.5 Å². The average molecular weight is 410 g/mol. The summed E-state index contributed by atoms with van der Waals surface area (Å²) in [5.41, 5.74) is 1.72. The maximum atomic E-state index is 12.2. The molecule has 0 fully saturated rings. The van der Waals surface area contributed by atoms with Crippen LogP contribution in [0.3, 0.4) is 0 Å². The summed E-state index contributed by atoms with van der Waals surface area (Å²) in [4.78, 5) is 23.4. The lowest BCUT2D eigenvalue weighted by Gasteiger charge is -2.11. The molecule has 0 unspecified atom stereocenters. The summed E-state index contributed by atoms with van der Waals surface area (Å²) in [5.74, 6) is -0.491. The van der Waals surface area contributed by atoms with Gasteiger partial charge in [-0.1, -0.05) is 39.7 Å². The van der Waals surface area contributed by atoms with E-state index >= 15 is 0 Å². The molecule has 0 aliphatic rings. The van der Waals surface area contributed by atoms with Gasteiger partial charge in [0, 0.05) is 21.3 Å². The third-order valence-corrected chi connectivity index (χ3v) is 3.67. The molecular formula is C17H14BrClN2O3. The number of carbonyl (C=O) groups excluding carboxylic acids is 2. The van der Waals surface area contributed by atoms with Gasteiger partial charge in [-0.05, 0) is 42.0 Å². The standard InChI is InChI=1S/C17H14BrClN2O3/c1-24-16(22)8-6-11-5-7-13(19)10-15(11)21-17(23)20-14-4-2-3-12(18)9-14/h2-10H,1H3,(H2,20,21,23)/b8-6+. The van der Waals surface area contributed by atoms with E-state index < -0.39 is 12.0 Å². The normalized spacial score (nSPS) is 10.5. The van der Waals surface area contributed by atoms with Gasteiger partial charge in [-0.25, -0.2) is 9.59 Å². The fourth-order valence-electron chi connectivity index (χ4n) is 1.86. The van der Waals surface area contributed by atoms with Crippen LogP contribution in [0.2, 0.25) is 5.02 Å². The number of amides is 2. The van der Waals surface area contributed by atoms with Crippen molar-refractivity contribution >= 4 is 57.0 Å². The highest BCUT2D eigenvalue weighted by Gasteiger charge is 2.07. The van der Waals surface area contributed by atoms with Gasteiger partial charge in [-0.15, -0.1) is 0 Å². The number of carbonyl (C=O) groups is 2. The van der Waals surface area contributed by atoms with E-state index in [1.54, 1.807) is 30.3 Å². The molecule has 5 nitrogen and oxygen atoms in total. The number of benzene rings is 2. The molecule has 0 atom stereocenters. The second kappa shape index (κ2) is 8.52. The number of methoxy groups -OCH3 is 1. The van der Waals surface area contributed by atoms with Crippen molar-refractivity contribution in [3.05, 3.63) is 63.6 Å². The summed E-state index contributed by atoms with van der Waals surface area (Å²) in [6.07, 6.45) is 2.80. The van der Waals surface area contributed by atoms with E-state index in [-0.39, 0.29) is 0 Å². The molecule has 2 aromatic carbocycles. The van der Waals surface area contributed by atoms with Crippen molar-refractivity contribution in [3.63, 3.8) is 0 Å². The van der Waals surface area contributed by atoms with Crippen molar-refractivity contribution < 1.29 is 14.3 Å². The molecule has 7 heteroatoms. The van der Waals surface area contributed by atoms with E-state index in [1.165, 1.54) is 19.3 Å². The molecule has 0 heterocycles. The van der Waals surface area contributed by atoms with Crippen LogP contribution in [0, 0.1) is 0 Å². The second-order valence-electron chi connectivity index (χ2n) is 4.68. The van der Waals surface area contributed by atoms with Crippen molar-refractivity contribution in [1.82, 2.24) is 0 Å². The van der Waals surface area contributed by atoms with Crippen LogP contribution in [-0.4, -0.2) is 19.1 Å². The molecule has 0 aliphatic heterocycles. The molecule has 0 bridgehead atoms. The lowest BCUT2D eigenvalue weighted by molar-refractivity contribution is -0.134. The largest absolute Gasteiger partial charge is 0.466 e. The highest BCUT2D eigenvalue weighted by Crippen LogP contribution is 2.23. The van der Waals surface area contributed by atoms with Gasteiger partial charge < -0.3 is 15.4 Å². The van der Waals surface area contributed by atoms with E-state index in [0.29, 0.717) is 22.0 Å². The monoisotopic (exact) mass is 408 g/mol. The van der Waals surface area contributed by atoms with Crippen LogP contribution in [0.15, 0.2) is 53.0 Å². The number of esters is 1. The van der Waals surface area contributed by atoms with E-state index in [1.807, 2.05) is 12.1 Å². The molecule has 0 spiro atoms. The first kappa shape index (κ1) is 18.0. The predicted molar refractivity (Wildman–Crippen MR) is 99.3 cm³/mol. The molecule has 0 aromatic heterocycles. The first-order valence-electron chi connectivity index (χ1n) is 6.87. The Morgan fingerprint density at radius 3 is 2.67 bits per heavy atom. The van der Waals surface area contributed by atoms with Crippen LogP contribution in [0.25, 0.3) is 6.08 Å². The summed E-state index contributed by atoms with van der Waals surface area (Å²) >= 11 is 9.32. The van der Waals surface area contributed by atoms with Crippen LogP contribution in [0.5, 0.6) is 0 Å². The van der Waals surface area contributed by atoms with Crippen molar-refractivity contribution in [2.75, 3.05) is 17.7 Å². The van der Waals surface area contributed by atoms with Crippen LogP contribution in [0.1, 0.15) is 5.56 Å². The molecule has 0 saturated heterocycles. The van der Waals surface area contributed by atoms with Gasteiger partial charge in [0.05, 0.1) is 12.8 Å². The SMILES string of the molecule is COC(=O)/C=C/c1ccc(Cl)cc1NC(=O)Nc1cccc(Br)c1. The van der Waals surface area contributed by atoms with Gasteiger partial charge >= 0.3 is 12.0 Å². The Kier molecular flexibility index (Phi) is 6.40. The predicted octanol–water partition coefficient (Wildman–Crippen LogP) is 4.93. The van der Waals surface area contributed by atoms with E-state index in [0.717, 1.165) is 4.47 Å². The van der Waals surface area contributed by atoms with Crippen molar-refractivity contribution in [2.45, 2.75) is 0 Å². The lowest BCUT2D eigenvalue weighted by Crippen LogP contribution is -2.20. The maximum absolute atomic E-state index is 12.2. The van der Waals surface area contributed by atoms with Gasteiger partial charge in [0.15, 0.2) is 0 Å². The Morgan fingerprint density at radius 1 is 1.17 bits per heavy atom. The Labute approximate surface area is 152 Å². The van der Waals surface area contributed by atoms with Gasteiger partial charge in [0.2, 0.25) is 0 Å². The number of anilines is 2. The third kappa shape index (κ3) is 5.40. The first-order valence-corrected chi connectivity index (χ1v) is 8.04. The summed E-state index contributed by atoms with van der Waals surface area (Å²) in [7, 11) is 1.29. The third-order valence-electron chi connectivity index (χ3n) is 2.95. The molecule has 24 heavy (non-hydrogen) atoms. The van der Waals surface area contributed by atoms with Crippen molar-refractivity contribution in [3.8, 4) is 0 Å². The van der Waals surface area contributed by atoms with Gasteiger partial charge in [-0.3, -0.25) is 0 Å². The van der Waals surface area contributed by atoms with Gasteiger partial charge in [0.1, 0.15) is 0 Å². The smallest absolute Gasteiger partial charge is 0.330 e. The molecule has 2 amide bonds. The number of rotatable bonds is 4. The zero-order valence-electron chi connectivity index (χ0n) is 12.7. The van der Waals surface area contributed by atoms with E-state index in [2.05, 4.69) is 31.3 Å². The second-order valence-corrected chi connectivity index (χ2v) is 6.03. The summed E-state index contributed by atoms with van der Waals surface area (Å²) in [5, 5.41) is 5.88. The number of urea groups is 1. The molecule has 2 aromatic rings. The fourth-order valence-corrected chi connectivity index (χ4v) is 2.43. The van der Waals surface area contributed by atoms with Crippen molar-refractivity contribution in [1.29, 1.82) is 0 Å². The molecule has 0 aliphatic carbocycles. The Hall–Kier alpha value is -2.31. The molecule has 124 valence electrons. The Balaban J connectivity index is 2.15. The van der Waals surface area contributed by atoms with E-state index in [4.69, 9.17) is 11.6 Å². The molecular weight excluding hydrogens is 396 g/mol. The van der Waals surface area contributed by atoms with Crippen LogP contribution in [0.4, 0.5) is 16.2 Å². The molecule has 2 N–H and O–H groups in total. The highest BCUT2D eigenvalue weighted by atomic mass is 79.9. The van der Waals surface area contributed by atoms with Gasteiger partial charge in [0.25, 0.3) is 0 Å². The fraction of sp³-hybridized carbons (Fsp3) is 0.0588. The lowest BCUT2D eigenvalue weighted by atomic mass is 10.1.